The molecular weight excluding hydrogens is 180 g/mol. The van der Waals surface area contributed by atoms with E-state index >= 15 is 0 Å². The van der Waals surface area contributed by atoms with Crippen molar-refractivity contribution in [3.63, 3.8) is 0 Å². The Morgan fingerprint density at radius 3 is 3.00 bits per heavy atom. The summed E-state index contributed by atoms with van der Waals surface area (Å²) in [7, 11) is 0. The number of hydrogen-bond acceptors (Lipinski definition) is 4. The maximum Gasteiger partial charge on any atom is 0.156 e. The lowest BCUT2D eigenvalue weighted by atomic mass is 9.75. The molecule has 1 aliphatic rings. The lowest BCUT2D eigenvalue weighted by Crippen LogP contribution is -2.25. The van der Waals surface area contributed by atoms with Crippen molar-refractivity contribution >= 4 is 0 Å². The van der Waals surface area contributed by atoms with Gasteiger partial charge >= 0.3 is 0 Å². The third-order valence-corrected chi connectivity index (χ3v) is 2.79. The summed E-state index contributed by atoms with van der Waals surface area (Å²) in [5, 5.41) is 13.9. The van der Waals surface area contributed by atoms with Gasteiger partial charge in [-0.1, -0.05) is 19.0 Å². The molecule has 0 fully saturated rings. The van der Waals surface area contributed by atoms with Crippen LogP contribution in [0.25, 0.3) is 0 Å². The fourth-order valence-corrected chi connectivity index (χ4v) is 2.17. The largest absolute Gasteiger partial charge is 0.388 e. The van der Waals surface area contributed by atoms with Gasteiger partial charge in [-0.25, -0.2) is 0 Å². The minimum atomic E-state index is -0.474. The molecule has 0 bridgehead atoms. The first kappa shape index (κ1) is 9.68. The molecule has 0 saturated heterocycles. The Morgan fingerprint density at radius 2 is 2.36 bits per heavy atom. The molecule has 0 amide bonds. The molecule has 4 heteroatoms. The van der Waals surface area contributed by atoms with Gasteiger partial charge < -0.3 is 15.4 Å². The van der Waals surface area contributed by atoms with Crippen LogP contribution in [0.1, 0.15) is 43.4 Å². The first-order valence-electron chi connectivity index (χ1n) is 4.89. The Balaban J connectivity index is 2.42. The monoisotopic (exact) mass is 196 g/mol. The van der Waals surface area contributed by atoms with Crippen molar-refractivity contribution in [2.45, 2.75) is 39.3 Å². The topological polar surface area (TPSA) is 72.3 Å². The van der Waals surface area contributed by atoms with Crippen LogP contribution in [0.4, 0.5) is 0 Å². The molecule has 0 aromatic carbocycles. The maximum absolute atomic E-state index is 9.94. The fourth-order valence-electron chi connectivity index (χ4n) is 2.17. The van der Waals surface area contributed by atoms with Crippen LogP contribution >= 0.6 is 0 Å². The van der Waals surface area contributed by atoms with E-state index in [0.29, 0.717) is 12.3 Å². The quantitative estimate of drug-likeness (QED) is 0.706. The van der Waals surface area contributed by atoms with Crippen LogP contribution in [0.2, 0.25) is 0 Å². The van der Waals surface area contributed by atoms with Crippen LogP contribution < -0.4 is 5.73 Å². The van der Waals surface area contributed by atoms with Crippen molar-refractivity contribution in [1.29, 1.82) is 0 Å². The molecule has 3 N–H and O–H groups in total. The number of aliphatic hydroxyl groups excluding tert-OH is 1. The zero-order chi connectivity index (χ0) is 10.3. The van der Waals surface area contributed by atoms with E-state index in [9.17, 15) is 5.11 Å². The smallest absolute Gasteiger partial charge is 0.156 e. The number of fused-ring (bicyclic) bond motifs is 1. The number of rotatable bonds is 1. The van der Waals surface area contributed by atoms with Gasteiger partial charge in [0.15, 0.2) is 5.76 Å². The van der Waals surface area contributed by atoms with Crippen molar-refractivity contribution in [3.05, 3.63) is 17.0 Å². The predicted octanol–water partition coefficient (Wildman–Crippen LogP) is 1.14. The summed E-state index contributed by atoms with van der Waals surface area (Å²) in [6.45, 7) is 4.55. The van der Waals surface area contributed by atoms with Crippen molar-refractivity contribution < 1.29 is 9.63 Å². The van der Waals surface area contributed by atoms with E-state index < -0.39 is 6.10 Å². The molecule has 2 rings (SSSR count). The predicted molar refractivity (Wildman–Crippen MR) is 51.5 cm³/mol. The number of aliphatic hydroxyl groups is 1. The van der Waals surface area contributed by atoms with Gasteiger partial charge in [0, 0.05) is 5.56 Å². The summed E-state index contributed by atoms with van der Waals surface area (Å²) in [6.07, 6.45) is 1.12. The molecule has 1 unspecified atom stereocenters. The Kier molecular flexibility index (Phi) is 2.12. The number of nitrogens with zero attached hydrogens (tertiary/aromatic N) is 1. The van der Waals surface area contributed by atoms with E-state index in [1.54, 1.807) is 0 Å². The summed E-state index contributed by atoms with van der Waals surface area (Å²) in [5.41, 5.74) is 7.29. The molecule has 0 saturated carbocycles. The van der Waals surface area contributed by atoms with Gasteiger partial charge in [0.05, 0.1) is 18.3 Å². The Labute approximate surface area is 83.1 Å². The molecule has 4 nitrogen and oxygen atoms in total. The minimum Gasteiger partial charge on any atom is -0.388 e. The highest BCUT2D eigenvalue weighted by molar-refractivity contribution is 5.29. The highest BCUT2D eigenvalue weighted by Gasteiger charge is 2.35. The van der Waals surface area contributed by atoms with E-state index in [1.165, 1.54) is 0 Å². The number of hydrogen-bond donors (Lipinski definition) is 2. The molecule has 1 atom stereocenters. The number of nitrogens with two attached hydrogens (primary N) is 1. The number of aromatic nitrogens is 1. The normalized spacial score (nSPS) is 24.7. The summed E-state index contributed by atoms with van der Waals surface area (Å²) >= 11 is 0. The van der Waals surface area contributed by atoms with Gasteiger partial charge in [0.25, 0.3) is 0 Å². The molecule has 78 valence electrons. The van der Waals surface area contributed by atoms with Gasteiger partial charge in [-0.15, -0.1) is 0 Å². The zero-order valence-electron chi connectivity index (χ0n) is 8.58. The Bertz CT molecular complexity index is 344. The molecule has 0 aliphatic heterocycles. The zero-order valence-corrected chi connectivity index (χ0v) is 8.58. The SMILES string of the molecule is CC1(C)Cc2noc(CN)c2C(O)C1. The van der Waals surface area contributed by atoms with E-state index in [4.69, 9.17) is 10.3 Å². The van der Waals surface area contributed by atoms with Crippen molar-refractivity contribution in [2.75, 3.05) is 0 Å². The van der Waals surface area contributed by atoms with E-state index in [2.05, 4.69) is 19.0 Å². The van der Waals surface area contributed by atoms with Crippen LogP contribution in [-0.2, 0) is 13.0 Å². The van der Waals surface area contributed by atoms with Crippen molar-refractivity contribution in [1.82, 2.24) is 5.16 Å². The van der Waals surface area contributed by atoms with Gasteiger partial charge in [0.2, 0.25) is 0 Å². The molecule has 1 aromatic rings. The molecule has 1 aromatic heterocycles. The third kappa shape index (κ3) is 1.44. The molecular formula is C10H16N2O2. The Hall–Kier alpha value is -0.870. The Morgan fingerprint density at radius 1 is 1.64 bits per heavy atom. The van der Waals surface area contributed by atoms with Crippen LogP contribution in [0, 0.1) is 5.41 Å². The van der Waals surface area contributed by atoms with Crippen LogP contribution in [0.15, 0.2) is 4.52 Å². The van der Waals surface area contributed by atoms with Crippen molar-refractivity contribution in [2.24, 2.45) is 11.1 Å². The molecule has 1 aliphatic carbocycles. The van der Waals surface area contributed by atoms with Gasteiger partial charge in [0.1, 0.15) is 0 Å². The van der Waals surface area contributed by atoms with E-state index in [0.717, 1.165) is 24.1 Å². The summed E-state index contributed by atoms with van der Waals surface area (Å²) < 4.78 is 5.10. The second kappa shape index (κ2) is 3.07. The van der Waals surface area contributed by atoms with Crippen LogP contribution in [0.5, 0.6) is 0 Å². The molecule has 1 heterocycles. The van der Waals surface area contributed by atoms with Gasteiger partial charge in [-0.3, -0.25) is 0 Å². The first-order valence-corrected chi connectivity index (χ1v) is 4.89. The van der Waals surface area contributed by atoms with Crippen LogP contribution in [0.3, 0.4) is 0 Å². The summed E-state index contributed by atoms with van der Waals surface area (Å²) in [4.78, 5) is 0. The molecule has 14 heavy (non-hydrogen) atoms. The highest BCUT2D eigenvalue weighted by atomic mass is 16.5. The molecule has 0 spiro atoms. The van der Waals surface area contributed by atoms with Crippen LogP contribution in [-0.4, -0.2) is 10.3 Å². The lowest BCUT2D eigenvalue weighted by molar-refractivity contribution is 0.0985. The van der Waals surface area contributed by atoms with Gasteiger partial charge in [-0.05, 0) is 18.3 Å². The first-order chi connectivity index (χ1) is 6.53. The average Bonchev–Trinajstić information content (AvgIpc) is 2.44. The third-order valence-electron chi connectivity index (χ3n) is 2.79. The minimum absolute atomic E-state index is 0.0924. The second-order valence-corrected chi connectivity index (χ2v) is 4.73. The molecule has 0 radical (unpaired) electrons. The van der Waals surface area contributed by atoms with Gasteiger partial charge in [-0.2, -0.15) is 0 Å². The summed E-state index contributed by atoms with van der Waals surface area (Å²) in [6, 6.07) is 0. The summed E-state index contributed by atoms with van der Waals surface area (Å²) in [5.74, 6) is 0.628. The highest BCUT2D eigenvalue weighted by Crippen LogP contribution is 2.41. The van der Waals surface area contributed by atoms with E-state index in [-0.39, 0.29) is 5.41 Å². The van der Waals surface area contributed by atoms with Crippen molar-refractivity contribution in [3.8, 4) is 0 Å². The second-order valence-electron chi connectivity index (χ2n) is 4.73. The maximum atomic E-state index is 9.94. The average molecular weight is 196 g/mol. The standard InChI is InChI=1S/C10H16N2O2/c1-10(2)3-6-9(7(13)4-10)8(5-11)14-12-6/h7,13H,3-5,11H2,1-2H3. The fraction of sp³-hybridized carbons (Fsp3) is 0.700. The lowest BCUT2D eigenvalue weighted by Gasteiger charge is -2.31. The van der Waals surface area contributed by atoms with E-state index in [1.807, 2.05) is 0 Å².